The number of nitrogens with two attached hydrogens (primary N) is 1. The lowest BCUT2D eigenvalue weighted by Gasteiger charge is -2.09. The molecule has 0 bridgehead atoms. The molecule has 1 aromatic carbocycles. The molecule has 1 aromatic heterocycles. The Morgan fingerprint density at radius 3 is 2.81 bits per heavy atom. The molecule has 0 spiro atoms. The van der Waals surface area contributed by atoms with Gasteiger partial charge < -0.3 is 10.5 Å². The van der Waals surface area contributed by atoms with Gasteiger partial charge in [0.05, 0.1) is 17.6 Å². The first-order valence-corrected chi connectivity index (χ1v) is 5.29. The molecule has 3 rings (SSSR count). The fourth-order valence-corrected chi connectivity index (χ4v) is 1.95. The zero-order valence-electron chi connectivity index (χ0n) is 8.76. The number of pyridine rings is 1. The summed E-state index contributed by atoms with van der Waals surface area (Å²) in [5.74, 6) is 0.964. The van der Waals surface area contributed by atoms with Gasteiger partial charge in [-0.05, 0) is 23.8 Å². The second-order valence-electron chi connectivity index (χ2n) is 3.93. The van der Waals surface area contributed by atoms with Gasteiger partial charge in [-0.2, -0.15) is 0 Å². The maximum absolute atomic E-state index is 5.83. The molecule has 0 aliphatic carbocycles. The van der Waals surface area contributed by atoms with Crippen molar-refractivity contribution in [2.24, 2.45) is 0 Å². The number of fused-ring (bicyclic) bond motifs is 1. The van der Waals surface area contributed by atoms with Crippen molar-refractivity contribution in [2.75, 3.05) is 5.73 Å². The number of para-hydroxylation sites is 1. The maximum Gasteiger partial charge on any atom is 0.145 e. The molecular weight excluding hydrogens is 200 g/mol. The van der Waals surface area contributed by atoms with Gasteiger partial charge in [0.2, 0.25) is 0 Å². The molecule has 3 heteroatoms. The number of nitrogen functional groups attached to an aromatic ring is 1. The van der Waals surface area contributed by atoms with Crippen LogP contribution in [0.25, 0.3) is 0 Å². The van der Waals surface area contributed by atoms with Crippen molar-refractivity contribution in [1.82, 2.24) is 4.98 Å². The Bertz CT molecular complexity index is 483. The predicted molar refractivity (Wildman–Crippen MR) is 62.2 cm³/mol. The molecule has 1 unspecified atom stereocenters. The summed E-state index contributed by atoms with van der Waals surface area (Å²) in [5.41, 5.74) is 8.46. The van der Waals surface area contributed by atoms with Crippen molar-refractivity contribution in [1.29, 1.82) is 0 Å². The first-order chi connectivity index (χ1) is 7.83. The molecule has 1 aliphatic rings. The van der Waals surface area contributed by atoms with Crippen LogP contribution in [0.3, 0.4) is 0 Å². The molecule has 0 fully saturated rings. The Balaban J connectivity index is 1.88. The smallest absolute Gasteiger partial charge is 0.145 e. The van der Waals surface area contributed by atoms with Gasteiger partial charge in [0.25, 0.3) is 0 Å². The van der Waals surface area contributed by atoms with Crippen LogP contribution in [0.1, 0.15) is 17.4 Å². The van der Waals surface area contributed by atoms with Crippen LogP contribution in [0.2, 0.25) is 0 Å². The van der Waals surface area contributed by atoms with Crippen molar-refractivity contribution in [3.05, 3.63) is 53.9 Å². The minimum absolute atomic E-state index is 0.0259. The standard InChI is InChI=1S/C13H12N2O/c14-10-5-6-11(15-8-10)13-7-9-3-1-2-4-12(9)16-13/h1-6,8,13H,7,14H2. The van der Waals surface area contributed by atoms with Crippen molar-refractivity contribution >= 4 is 5.69 Å². The summed E-state index contributed by atoms with van der Waals surface area (Å²) < 4.78 is 5.83. The molecule has 16 heavy (non-hydrogen) atoms. The number of nitrogens with zero attached hydrogens (tertiary/aromatic N) is 1. The number of ether oxygens (including phenoxy) is 1. The summed E-state index contributed by atoms with van der Waals surface area (Å²) >= 11 is 0. The first kappa shape index (κ1) is 9.21. The molecule has 0 saturated heterocycles. The number of benzene rings is 1. The third kappa shape index (κ3) is 1.50. The summed E-state index contributed by atoms with van der Waals surface area (Å²) in [4.78, 5) is 4.29. The van der Waals surface area contributed by atoms with Crippen LogP contribution in [0.4, 0.5) is 5.69 Å². The zero-order chi connectivity index (χ0) is 11.0. The average Bonchev–Trinajstić information content (AvgIpc) is 2.73. The third-order valence-corrected chi connectivity index (χ3v) is 2.79. The van der Waals surface area contributed by atoms with E-state index in [1.54, 1.807) is 6.20 Å². The van der Waals surface area contributed by atoms with Crippen LogP contribution in [0.15, 0.2) is 42.6 Å². The van der Waals surface area contributed by atoms with E-state index in [0.29, 0.717) is 5.69 Å². The summed E-state index contributed by atoms with van der Waals surface area (Å²) in [5, 5.41) is 0. The molecule has 0 amide bonds. The predicted octanol–water partition coefficient (Wildman–Crippen LogP) is 2.34. The van der Waals surface area contributed by atoms with E-state index in [-0.39, 0.29) is 6.10 Å². The Morgan fingerprint density at radius 1 is 1.19 bits per heavy atom. The molecule has 0 radical (unpaired) electrons. The van der Waals surface area contributed by atoms with E-state index < -0.39 is 0 Å². The second kappa shape index (κ2) is 3.52. The first-order valence-electron chi connectivity index (χ1n) is 5.29. The highest BCUT2D eigenvalue weighted by molar-refractivity contribution is 5.40. The normalized spacial score (nSPS) is 17.9. The molecule has 0 saturated carbocycles. The summed E-state index contributed by atoms with van der Waals surface area (Å²) in [6.07, 6.45) is 2.58. The fraction of sp³-hybridized carbons (Fsp3) is 0.154. The highest BCUT2D eigenvalue weighted by atomic mass is 16.5. The summed E-state index contributed by atoms with van der Waals surface area (Å²) in [7, 11) is 0. The fourth-order valence-electron chi connectivity index (χ4n) is 1.95. The van der Waals surface area contributed by atoms with Crippen molar-refractivity contribution < 1.29 is 4.74 Å². The number of anilines is 1. The van der Waals surface area contributed by atoms with Gasteiger partial charge in [-0.15, -0.1) is 0 Å². The van der Waals surface area contributed by atoms with Gasteiger partial charge in [0.15, 0.2) is 0 Å². The monoisotopic (exact) mass is 212 g/mol. The van der Waals surface area contributed by atoms with Gasteiger partial charge >= 0.3 is 0 Å². The van der Waals surface area contributed by atoms with Crippen molar-refractivity contribution in [2.45, 2.75) is 12.5 Å². The lowest BCUT2D eigenvalue weighted by Crippen LogP contribution is -2.05. The highest BCUT2D eigenvalue weighted by Crippen LogP contribution is 2.35. The molecule has 2 aromatic rings. The van der Waals surface area contributed by atoms with E-state index in [1.165, 1.54) is 5.56 Å². The Kier molecular flexibility index (Phi) is 2.03. The van der Waals surface area contributed by atoms with E-state index in [4.69, 9.17) is 10.5 Å². The van der Waals surface area contributed by atoms with E-state index in [0.717, 1.165) is 17.9 Å². The Labute approximate surface area is 93.9 Å². The Morgan fingerprint density at radius 2 is 2.06 bits per heavy atom. The molecule has 80 valence electrons. The molecular formula is C13H12N2O. The molecule has 2 heterocycles. The van der Waals surface area contributed by atoms with Gasteiger partial charge in [-0.25, -0.2) is 0 Å². The van der Waals surface area contributed by atoms with Crippen LogP contribution >= 0.6 is 0 Å². The number of aromatic nitrogens is 1. The average molecular weight is 212 g/mol. The topological polar surface area (TPSA) is 48.1 Å². The lowest BCUT2D eigenvalue weighted by molar-refractivity contribution is 0.233. The summed E-state index contributed by atoms with van der Waals surface area (Å²) in [6, 6.07) is 11.9. The lowest BCUT2D eigenvalue weighted by atomic mass is 10.1. The van der Waals surface area contributed by atoms with Gasteiger partial charge in [0.1, 0.15) is 11.9 Å². The van der Waals surface area contributed by atoms with Crippen LogP contribution in [-0.2, 0) is 6.42 Å². The van der Waals surface area contributed by atoms with Gasteiger partial charge in [0, 0.05) is 6.42 Å². The summed E-state index contributed by atoms with van der Waals surface area (Å²) in [6.45, 7) is 0. The van der Waals surface area contributed by atoms with E-state index in [1.807, 2.05) is 30.3 Å². The SMILES string of the molecule is Nc1ccc(C2Cc3ccccc3O2)nc1. The zero-order valence-corrected chi connectivity index (χ0v) is 8.76. The quantitative estimate of drug-likeness (QED) is 0.789. The van der Waals surface area contributed by atoms with Crippen LogP contribution in [0.5, 0.6) is 5.75 Å². The number of rotatable bonds is 1. The minimum atomic E-state index is 0.0259. The molecule has 1 atom stereocenters. The highest BCUT2D eigenvalue weighted by Gasteiger charge is 2.24. The minimum Gasteiger partial charge on any atom is -0.483 e. The van der Waals surface area contributed by atoms with Crippen molar-refractivity contribution in [3.8, 4) is 5.75 Å². The van der Waals surface area contributed by atoms with Crippen LogP contribution in [0, 0.1) is 0 Å². The number of hydrogen-bond acceptors (Lipinski definition) is 3. The molecule has 2 N–H and O–H groups in total. The van der Waals surface area contributed by atoms with E-state index in [9.17, 15) is 0 Å². The van der Waals surface area contributed by atoms with E-state index >= 15 is 0 Å². The van der Waals surface area contributed by atoms with Gasteiger partial charge in [-0.1, -0.05) is 18.2 Å². The van der Waals surface area contributed by atoms with Crippen molar-refractivity contribution in [3.63, 3.8) is 0 Å². The maximum atomic E-state index is 5.83. The van der Waals surface area contributed by atoms with Crippen LogP contribution < -0.4 is 10.5 Å². The van der Waals surface area contributed by atoms with E-state index in [2.05, 4.69) is 11.1 Å². The second-order valence-corrected chi connectivity index (χ2v) is 3.93. The number of hydrogen-bond donors (Lipinski definition) is 1. The Hall–Kier alpha value is -2.03. The van der Waals surface area contributed by atoms with Crippen LogP contribution in [-0.4, -0.2) is 4.98 Å². The largest absolute Gasteiger partial charge is 0.483 e. The molecule has 1 aliphatic heterocycles. The third-order valence-electron chi connectivity index (χ3n) is 2.79. The molecule has 3 nitrogen and oxygen atoms in total. The van der Waals surface area contributed by atoms with Gasteiger partial charge in [-0.3, -0.25) is 4.98 Å².